The van der Waals surface area contributed by atoms with Crippen LogP contribution in [-0.4, -0.2) is 77.1 Å². The maximum atomic E-state index is 13.7. The van der Waals surface area contributed by atoms with Gasteiger partial charge in [-0.05, 0) is 43.2 Å². The summed E-state index contributed by atoms with van der Waals surface area (Å²) < 4.78 is 7.08. The highest BCUT2D eigenvalue weighted by molar-refractivity contribution is 5.85. The van der Waals surface area contributed by atoms with Crippen LogP contribution < -0.4 is 0 Å². The predicted octanol–water partition coefficient (Wildman–Crippen LogP) is 2.53. The smallest absolute Gasteiger partial charge is 0.409 e. The summed E-state index contributed by atoms with van der Waals surface area (Å²) in [6.07, 6.45) is 2.67. The first-order valence-electron chi connectivity index (χ1n) is 11.8. The predicted molar refractivity (Wildman–Crippen MR) is 120 cm³/mol. The first-order chi connectivity index (χ1) is 15.2. The van der Waals surface area contributed by atoms with Crippen LogP contribution in [0.5, 0.6) is 0 Å². The maximum Gasteiger partial charge on any atom is 0.409 e. The molecule has 0 spiro atoms. The number of carbonyl (C=O) groups is 2. The van der Waals surface area contributed by atoms with Crippen molar-refractivity contribution in [3.63, 3.8) is 0 Å². The van der Waals surface area contributed by atoms with Crippen molar-refractivity contribution in [2.45, 2.75) is 47.2 Å². The number of ether oxygens (including phenoxy) is 1. The van der Waals surface area contributed by atoms with E-state index in [1.54, 1.807) is 11.8 Å². The molecule has 8 nitrogen and oxygen atoms in total. The third kappa shape index (κ3) is 3.77. The van der Waals surface area contributed by atoms with E-state index in [0.717, 1.165) is 38.2 Å². The molecule has 1 aromatic heterocycles. The van der Waals surface area contributed by atoms with Crippen LogP contribution in [0, 0.1) is 28.1 Å². The van der Waals surface area contributed by atoms with Gasteiger partial charge in [-0.25, -0.2) is 4.79 Å². The molecule has 2 aliphatic heterocycles. The van der Waals surface area contributed by atoms with Gasteiger partial charge < -0.3 is 19.1 Å². The minimum Gasteiger partial charge on any atom is -0.450 e. The van der Waals surface area contributed by atoms with Crippen LogP contribution in [0.4, 0.5) is 4.79 Å². The molecular formula is C24H35N5O3. The first-order valence-corrected chi connectivity index (χ1v) is 11.8. The normalized spacial score (nSPS) is 26.9. The van der Waals surface area contributed by atoms with Crippen molar-refractivity contribution in [2.75, 3.05) is 45.9 Å². The molecule has 3 heterocycles. The average molecular weight is 442 g/mol. The van der Waals surface area contributed by atoms with Crippen LogP contribution in [0.1, 0.15) is 45.4 Å². The molecule has 0 unspecified atom stereocenters. The fourth-order valence-electron chi connectivity index (χ4n) is 6.29. The van der Waals surface area contributed by atoms with Gasteiger partial charge in [0.25, 0.3) is 0 Å². The zero-order valence-electron chi connectivity index (χ0n) is 19.8. The summed E-state index contributed by atoms with van der Waals surface area (Å²) in [5.74, 6) is 0.575. The number of aromatic nitrogens is 1. The third-order valence-corrected chi connectivity index (χ3v) is 7.66. The second-order valence-corrected chi connectivity index (χ2v) is 10.2. The third-order valence-electron chi connectivity index (χ3n) is 7.66. The van der Waals surface area contributed by atoms with Crippen LogP contribution in [0.3, 0.4) is 0 Å². The van der Waals surface area contributed by atoms with Gasteiger partial charge in [0.15, 0.2) is 0 Å². The highest BCUT2D eigenvalue weighted by atomic mass is 16.6. The molecule has 2 saturated heterocycles. The Kier molecular flexibility index (Phi) is 5.97. The van der Waals surface area contributed by atoms with Gasteiger partial charge >= 0.3 is 6.09 Å². The monoisotopic (exact) mass is 441 g/mol. The summed E-state index contributed by atoms with van der Waals surface area (Å²) >= 11 is 0. The second-order valence-electron chi connectivity index (χ2n) is 10.2. The molecule has 0 N–H and O–H groups in total. The van der Waals surface area contributed by atoms with Gasteiger partial charge in [-0.3, -0.25) is 9.69 Å². The summed E-state index contributed by atoms with van der Waals surface area (Å²) in [6.45, 7) is 14.1. The van der Waals surface area contributed by atoms with E-state index in [9.17, 15) is 14.9 Å². The molecule has 32 heavy (non-hydrogen) atoms. The molecule has 1 aliphatic carbocycles. The molecule has 3 fully saturated rings. The Bertz CT molecular complexity index is 925. The van der Waals surface area contributed by atoms with Crippen molar-refractivity contribution in [3.05, 3.63) is 23.5 Å². The zero-order valence-corrected chi connectivity index (χ0v) is 19.8. The van der Waals surface area contributed by atoms with Crippen LogP contribution in [0.2, 0.25) is 0 Å². The number of likely N-dealkylation sites (tertiary alicyclic amines) is 1. The SMILES string of the molecule is CCOC(=O)N1CCN(C(=O)[C@@]23CN(Cc4cc(C#N)n(CC)c4)C[C@@H]2C(C)(C)C3)CC1. The number of carbonyl (C=O) groups excluding carboxylic acids is 2. The zero-order chi connectivity index (χ0) is 23.1. The molecule has 1 aromatic rings. The lowest BCUT2D eigenvalue weighted by atomic mass is 9.47. The van der Waals surface area contributed by atoms with Gasteiger partial charge in [0, 0.05) is 58.6 Å². The topological polar surface area (TPSA) is 81.8 Å². The van der Waals surface area contributed by atoms with E-state index < -0.39 is 0 Å². The number of hydrogen-bond donors (Lipinski definition) is 0. The van der Waals surface area contributed by atoms with Crippen molar-refractivity contribution >= 4 is 12.0 Å². The van der Waals surface area contributed by atoms with Crippen LogP contribution in [-0.2, 0) is 22.6 Å². The lowest BCUT2D eigenvalue weighted by Gasteiger charge is -2.57. The standard InChI is InChI=1S/C24H35N5O3/c1-5-27-14-18(11-19(27)12-25)13-26-15-20-23(3,4)16-24(20,17-26)21(30)28-7-9-29(10-8-28)22(31)32-6-2/h11,14,20H,5-10,13,15-17H2,1-4H3/t20-,24+/m1/s1. The number of amides is 2. The van der Waals surface area contributed by atoms with Gasteiger partial charge in [-0.2, -0.15) is 5.26 Å². The minimum absolute atomic E-state index is 0.143. The summed E-state index contributed by atoms with van der Waals surface area (Å²) in [4.78, 5) is 31.8. The Morgan fingerprint density at radius 2 is 1.88 bits per heavy atom. The summed E-state index contributed by atoms with van der Waals surface area (Å²) in [7, 11) is 0. The molecule has 0 radical (unpaired) electrons. The van der Waals surface area contributed by atoms with E-state index in [-0.39, 0.29) is 22.8 Å². The van der Waals surface area contributed by atoms with Gasteiger partial charge in [0.05, 0.1) is 12.0 Å². The average Bonchev–Trinajstić information content (AvgIpc) is 3.32. The van der Waals surface area contributed by atoms with Gasteiger partial charge in [0.1, 0.15) is 11.8 Å². The van der Waals surface area contributed by atoms with Crippen LogP contribution >= 0.6 is 0 Å². The van der Waals surface area contributed by atoms with Crippen molar-refractivity contribution < 1.29 is 14.3 Å². The van der Waals surface area contributed by atoms with E-state index in [4.69, 9.17) is 4.74 Å². The van der Waals surface area contributed by atoms with Gasteiger partial charge in [0.2, 0.25) is 5.91 Å². The largest absolute Gasteiger partial charge is 0.450 e. The van der Waals surface area contributed by atoms with Crippen molar-refractivity contribution in [3.8, 4) is 6.07 Å². The Labute approximate surface area is 190 Å². The molecule has 0 aromatic carbocycles. The Hall–Kier alpha value is -2.53. The Morgan fingerprint density at radius 3 is 2.44 bits per heavy atom. The molecule has 2 amide bonds. The molecule has 174 valence electrons. The lowest BCUT2D eigenvalue weighted by molar-refractivity contribution is -0.165. The number of piperazine rings is 1. The molecule has 0 bridgehead atoms. The highest BCUT2D eigenvalue weighted by Crippen LogP contribution is 2.63. The van der Waals surface area contributed by atoms with Crippen molar-refractivity contribution in [2.24, 2.45) is 16.7 Å². The molecule has 2 atom stereocenters. The molecular weight excluding hydrogens is 406 g/mol. The van der Waals surface area contributed by atoms with Crippen LogP contribution in [0.15, 0.2) is 12.3 Å². The maximum absolute atomic E-state index is 13.7. The minimum atomic E-state index is -0.332. The number of hydrogen-bond acceptors (Lipinski definition) is 5. The van der Waals surface area contributed by atoms with Gasteiger partial charge in [-0.1, -0.05) is 13.8 Å². The highest BCUT2D eigenvalue weighted by Gasteiger charge is 2.67. The molecule has 4 rings (SSSR count). The van der Waals surface area contributed by atoms with Crippen molar-refractivity contribution in [1.29, 1.82) is 5.26 Å². The Morgan fingerprint density at radius 1 is 1.19 bits per heavy atom. The quantitative estimate of drug-likeness (QED) is 0.701. The fourth-order valence-corrected chi connectivity index (χ4v) is 6.29. The fraction of sp³-hybridized carbons (Fsp3) is 0.708. The number of aryl methyl sites for hydroxylation is 1. The Balaban J connectivity index is 1.44. The number of nitrogens with zero attached hydrogens (tertiary/aromatic N) is 5. The number of rotatable bonds is 5. The number of nitriles is 1. The first kappa shape index (κ1) is 22.7. The number of fused-ring (bicyclic) bond motifs is 1. The summed E-state index contributed by atoms with van der Waals surface area (Å²) in [5, 5.41) is 9.36. The van der Waals surface area contributed by atoms with E-state index in [0.29, 0.717) is 44.4 Å². The second kappa shape index (κ2) is 8.43. The van der Waals surface area contributed by atoms with E-state index >= 15 is 0 Å². The van der Waals surface area contributed by atoms with E-state index in [2.05, 4.69) is 31.0 Å². The van der Waals surface area contributed by atoms with E-state index in [1.807, 2.05) is 22.5 Å². The molecule has 3 aliphatic rings. The van der Waals surface area contributed by atoms with Gasteiger partial charge in [-0.15, -0.1) is 0 Å². The van der Waals surface area contributed by atoms with Crippen molar-refractivity contribution in [1.82, 2.24) is 19.3 Å². The van der Waals surface area contributed by atoms with Crippen LogP contribution in [0.25, 0.3) is 0 Å². The summed E-state index contributed by atoms with van der Waals surface area (Å²) in [5.41, 5.74) is 1.63. The molecule has 1 saturated carbocycles. The molecule has 8 heteroatoms. The van der Waals surface area contributed by atoms with E-state index in [1.165, 1.54) is 0 Å². The lowest BCUT2D eigenvalue weighted by Crippen LogP contribution is -2.63. The summed E-state index contributed by atoms with van der Waals surface area (Å²) in [6, 6.07) is 4.24.